The molecule has 0 heterocycles. The van der Waals surface area contributed by atoms with E-state index in [4.69, 9.17) is 0 Å². The smallest absolute Gasteiger partial charge is 0.240 e. The number of hydrogen-bond donors (Lipinski definition) is 1. The van der Waals surface area contributed by atoms with E-state index in [-0.39, 0.29) is 11.9 Å². The number of rotatable bonds is 11. The maximum Gasteiger partial charge on any atom is 0.240 e. The molecule has 0 radical (unpaired) electrons. The third-order valence-corrected chi connectivity index (χ3v) is 3.88. The molecule has 1 N–H and O–H groups in total. The van der Waals surface area contributed by atoms with Gasteiger partial charge in [0.2, 0.25) is 5.91 Å². The van der Waals surface area contributed by atoms with Gasteiger partial charge in [0.05, 0.1) is 6.07 Å². The van der Waals surface area contributed by atoms with Gasteiger partial charge in [-0.1, -0.05) is 59.8 Å². The van der Waals surface area contributed by atoms with Gasteiger partial charge in [-0.2, -0.15) is 5.26 Å². The minimum Gasteiger partial charge on any atom is -0.352 e. The Hall–Kier alpha value is -1.04. The summed E-state index contributed by atoms with van der Waals surface area (Å²) in [6.45, 7) is 8.38. The summed E-state index contributed by atoms with van der Waals surface area (Å²) in [6, 6.07) is 2.54. The minimum atomic E-state index is -0.818. The predicted octanol–water partition coefficient (Wildman–Crippen LogP) is 4.57. The fourth-order valence-electron chi connectivity index (χ4n) is 2.78. The van der Waals surface area contributed by atoms with Crippen molar-refractivity contribution in [3.05, 3.63) is 0 Å². The lowest BCUT2D eigenvalue weighted by Gasteiger charge is -2.28. The number of nitrogens with one attached hydrogen (secondary N) is 1. The van der Waals surface area contributed by atoms with Crippen LogP contribution in [0.25, 0.3) is 0 Å². The van der Waals surface area contributed by atoms with Crippen LogP contribution in [0.5, 0.6) is 0 Å². The number of carbonyl (C=O) groups excluding carboxylic acids is 1. The normalized spacial score (nSPS) is 12.8. The highest BCUT2D eigenvalue weighted by atomic mass is 16.2. The van der Waals surface area contributed by atoms with Crippen LogP contribution in [0.1, 0.15) is 85.5 Å². The molecule has 0 fully saturated rings. The van der Waals surface area contributed by atoms with Gasteiger partial charge in [-0.15, -0.1) is 0 Å². The van der Waals surface area contributed by atoms with Crippen molar-refractivity contribution in [2.75, 3.05) is 0 Å². The van der Waals surface area contributed by atoms with Gasteiger partial charge in [-0.25, -0.2) is 0 Å². The van der Waals surface area contributed by atoms with Gasteiger partial charge in [0.1, 0.15) is 5.41 Å². The molecule has 0 aliphatic carbocycles. The molecule has 3 heteroatoms. The summed E-state index contributed by atoms with van der Waals surface area (Å²) in [5, 5.41) is 12.7. The first kappa shape index (κ1) is 19.0. The van der Waals surface area contributed by atoms with E-state index in [9.17, 15) is 10.1 Å². The highest BCUT2D eigenvalue weighted by Crippen LogP contribution is 2.30. The molecule has 0 aliphatic rings. The van der Waals surface area contributed by atoms with E-state index in [0.29, 0.717) is 12.8 Å². The quantitative estimate of drug-likeness (QED) is 0.602. The highest BCUT2D eigenvalue weighted by molar-refractivity contribution is 5.85. The molecule has 1 atom stereocenters. The van der Waals surface area contributed by atoms with Gasteiger partial charge in [0, 0.05) is 6.04 Å². The van der Waals surface area contributed by atoms with E-state index >= 15 is 0 Å². The molecule has 0 saturated heterocycles. The molecule has 0 saturated carbocycles. The first-order chi connectivity index (χ1) is 9.60. The van der Waals surface area contributed by atoms with Crippen molar-refractivity contribution in [2.45, 2.75) is 91.5 Å². The Labute approximate surface area is 125 Å². The van der Waals surface area contributed by atoms with Crippen molar-refractivity contribution in [1.29, 1.82) is 5.26 Å². The van der Waals surface area contributed by atoms with Crippen molar-refractivity contribution in [1.82, 2.24) is 5.32 Å². The Kier molecular flexibility index (Phi) is 10.2. The topological polar surface area (TPSA) is 52.9 Å². The van der Waals surface area contributed by atoms with Crippen LogP contribution in [0.4, 0.5) is 0 Å². The van der Waals surface area contributed by atoms with Gasteiger partial charge >= 0.3 is 0 Å². The first-order valence-corrected chi connectivity index (χ1v) is 8.32. The molecule has 0 aliphatic heterocycles. The molecule has 0 bridgehead atoms. The monoisotopic (exact) mass is 280 g/mol. The number of amides is 1. The van der Waals surface area contributed by atoms with Crippen LogP contribution in [-0.4, -0.2) is 11.9 Å². The second-order valence-corrected chi connectivity index (χ2v) is 5.80. The lowest BCUT2D eigenvalue weighted by atomic mass is 9.79. The van der Waals surface area contributed by atoms with Crippen LogP contribution in [-0.2, 0) is 4.79 Å². The number of nitrogens with zero attached hydrogens (tertiary/aromatic N) is 1. The largest absolute Gasteiger partial charge is 0.352 e. The lowest BCUT2D eigenvalue weighted by molar-refractivity contribution is -0.129. The van der Waals surface area contributed by atoms with E-state index in [1.807, 2.05) is 13.8 Å². The zero-order chi connectivity index (χ0) is 15.4. The summed E-state index contributed by atoms with van der Waals surface area (Å²) in [7, 11) is 0. The zero-order valence-corrected chi connectivity index (χ0v) is 13.8. The molecule has 0 aromatic carbocycles. The SMILES string of the molecule is CCCCC(CCC)NC(=O)C(C#N)(CCC)CCC. The van der Waals surface area contributed by atoms with Crippen LogP contribution in [0.3, 0.4) is 0 Å². The third-order valence-electron chi connectivity index (χ3n) is 3.88. The molecule has 1 unspecified atom stereocenters. The average molecular weight is 280 g/mol. The molecule has 20 heavy (non-hydrogen) atoms. The maximum absolute atomic E-state index is 12.6. The third kappa shape index (κ3) is 5.94. The Morgan fingerprint density at radius 1 is 1.05 bits per heavy atom. The fraction of sp³-hybridized carbons (Fsp3) is 0.882. The van der Waals surface area contributed by atoms with Gasteiger partial charge in [0.25, 0.3) is 0 Å². The Morgan fingerprint density at radius 3 is 2.05 bits per heavy atom. The molecule has 0 spiro atoms. The van der Waals surface area contributed by atoms with Crippen LogP contribution < -0.4 is 5.32 Å². The van der Waals surface area contributed by atoms with Gasteiger partial charge < -0.3 is 5.32 Å². The summed E-state index contributed by atoms with van der Waals surface area (Å²) in [5.74, 6) is -0.0433. The minimum absolute atomic E-state index is 0.0433. The predicted molar refractivity (Wildman–Crippen MR) is 84.2 cm³/mol. The van der Waals surface area contributed by atoms with Crippen molar-refractivity contribution in [3.8, 4) is 6.07 Å². The summed E-state index contributed by atoms with van der Waals surface area (Å²) >= 11 is 0. The molecule has 0 aromatic rings. The van der Waals surface area contributed by atoms with E-state index in [0.717, 1.165) is 44.9 Å². The molecule has 3 nitrogen and oxygen atoms in total. The number of nitriles is 1. The van der Waals surface area contributed by atoms with E-state index in [1.165, 1.54) is 0 Å². The molecule has 0 aromatic heterocycles. The summed E-state index contributed by atoms with van der Waals surface area (Å²) in [4.78, 5) is 12.6. The van der Waals surface area contributed by atoms with Crippen LogP contribution in [0.2, 0.25) is 0 Å². The van der Waals surface area contributed by atoms with E-state index < -0.39 is 5.41 Å². The van der Waals surface area contributed by atoms with Crippen molar-refractivity contribution in [2.24, 2.45) is 5.41 Å². The first-order valence-electron chi connectivity index (χ1n) is 8.32. The van der Waals surface area contributed by atoms with Crippen molar-refractivity contribution < 1.29 is 4.79 Å². The van der Waals surface area contributed by atoms with Gasteiger partial charge in [0.15, 0.2) is 0 Å². The molecule has 0 rings (SSSR count). The van der Waals surface area contributed by atoms with Crippen LogP contribution in [0, 0.1) is 16.7 Å². The molecule has 116 valence electrons. The summed E-state index contributed by atoms with van der Waals surface area (Å²) in [6.07, 6.45) is 8.43. The average Bonchev–Trinajstić information content (AvgIpc) is 2.44. The summed E-state index contributed by atoms with van der Waals surface area (Å²) in [5.41, 5.74) is -0.818. The Bertz CT molecular complexity index is 301. The second-order valence-electron chi connectivity index (χ2n) is 5.80. The molecule has 1 amide bonds. The van der Waals surface area contributed by atoms with Crippen LogP contribution in [0.15, 0.2) is 0 Å². The van der Waals surface area contributed by atoms with Crippen LogP contribution >= 0.6 is 0 Å². The lowest BCUT2D eigenvalue weighted by Crippen LogP contribution is -2.45. The number of carbonyl (C=O) groups is 1. The van der Waals surface area contributed by atoms with Gasteiger partial charge in [-0.3, -0.25) is 4.79 Å². The van der Waals surface area contributed by atoms with Crippen molar-refractivity contribution >= 4 is 5.91 Å². The number of hydrogen-bond acceptors (Lipinski definition) is 2. The van der Waals surface area contributed by atoms with E-state index in [2.05, 4.69) is 25.2 Å². The molecular weight excluding hydrogens is 248 g/mol. The second kappa shape index (κ2) is 10.7. The fourth-order valence-corrected chi connectivity index (χ4v) is 2.78. The maximum atomic E-state index is 12.6. The summed E-state index contributed by atoms with van der Waals surface area (Å²) < 4.78 is 0. The number of unbranched alkanes of at least 4 members (excludes halogenated alkanes) is 1. The standard InChI is InChI=1S/C17H32N2O/c1-5-9-11-15(10-6-2)19-16(20)17(14-18,12-7-3)13-8-4/h15H,5-13H2,1-4H3,(H,19,20). The Balaban J connectivity index is 4.81. The van der Waals surface area contributed by atoms with Gasteiger partial charge in [-0.05, 0) is 25.7 Å². The highest BCUT2D eigenvalue weighted by Gasteiger charge is 2.37. The van der Waals surface area contributed by atoms with E-state index in [1.54, 1.807) is 0 Å². The van der Waals surface area contributed by atoms with Crippen molar-refractivity contribution in [3.63, 3.8) is 0 Å². The molecular formula is C17H32N2O. The Morgan fingerprint density at radius 2 is 1.65 bits per heavy atom. The zero-order valence-electron chi connectivity index (χ0n) is 13.8.